The molecule has 0 radical (unpaired) electrons. The third kappa shape index (κ3) is 1.18. The first-order valence-electron chi connectivity index (χ1n) is 6.87. The van der Waals surface area contributed by atoms with Gasteiger partial charge in [0.05, 0.1) is 10.8 Å². The molecule has 2 aliphatic rings. The average molecular weight is 266 g/mol. The molecule has 19 heavy (non-hydrogen) atoms. The third-order valence-corrected chi connectivity index (χ3v) is 6.65. The van der Waals surface area contributed by atoms with E-state index in [2.05, 4.69) is 20.4 Å². The maximum atomic E-state index is 12.4. The topological polar surface area (TPSA) is 35.5 Å². The summed E-state index contributed by atoms with van der Waals surface area (Å²) >= 11 is 0. The lowest BCUT2D eigenvalue weighted by molar-refractivity contribution is -0.250. The number of carbonyl (C=O) groups is 1. The van der Waals surface area contributed by atoms with Gasteiger partial charge in [0.2, 0.25) is 0 Å². The number of esters is 1. The van der Waals surface area contributed by atoms with Crippen LogP contribution in [-0.4, -0.2) is 17.2 Å². The molecule has 0 aliphatic carbocycles. The van der Waals surface area contributed by atoms with Gasteiger partial charge >= 0.3 is 5.97 Å². The van der Waals surface area contributed by atoms with Crippen LogP contribution < -0.4 is 0 Å². The minimum absolute atomic E-state index is 0.173. The first kappa shape index (κ1) is 14.4. The van der Waals surface area contributed by atoms with Gasteiger partial charge in [0, 0.05) is 5.41 Å². The van der Waals surface area contributed by atoms with Crippen molar-refractivity contribution in [2.75, 3.05) is 0 Å². The van der Waals surface area contributed by atoms with Gasteiger partial charge in [0.25, 0.3) is 0 Å². The quantitative estimate of drug-likeness (QED) is 0.627. The minimum atomic E-state index is -0.646. The van der Waals surface area contributed by atoms with Crippen LogP contribution in [0.25, 0.3) is 0 Å². The van der Waals surface area contributed by atoms with E-state index in [0.29, 0.717) is 5.76 Å². The molecule has 0 saturated carbocycles. The normalized spacial score (nSPS) is 42.3. The fourth-order valence-corrected chi connectivity index (χ4v) is 3.69. The van der Waals surface area contributed by atoms with Crippen LogP contribution in [0.1, 0.15) is 55.4 Å². The molecule has 2 heterocycles. The molecule has 3 nitrogen and oxygen atoms in total. The van der Waals surface area contributed by atoms with Crippen LogP contribution >= 0.6 is 0 Å². The molecule has 0 bridgehead atoms. The highest BCUT2D eigenvalue weighted by Gasteiger charge is 2.77. The van der Waals surface area contributed by atoms with Crippen molar-refractivity contribution in [1.82, 2.24) is 0 Å². The van der Waals surface area contributed by atoms with Crippen LogP contribution in [0.5, 0.6) is 0 Å². The molecule has 2 rings (SSSR count). The molecule has 0 amide bonds. The van der Waals surface area contributed by atoms with Crippen LogP contribution in [0.3, 0.4) is 0 Å². The number of rotatable bonds is 0. The van der Waals surface area contributed by atoms with Crippen molar-refractivity contribution in [3.05, 3.63) is 12.3 Å². The summed E-state index contributed by atoms with van der Waals surface area (Å²) in [7, 11) is 0. The highest BCUT2D eigenvalue weighted by Crippen LogP contribution is 2.70. The van der Waals surface area contributed by atoms with Gasteiger partial charge < -0.3 is 9.47 Å². The first-order chi connectivity index (χ1) is 8.26. The molecule has 0 aromatic rings. The summed E-state index contributed by atoms with van der Waals surface area (Å²) in [5, 5.41) is 0. The predicted molar refractivity (Wildman–Crippen MR) is 74.5 cm³/mol. The Balaban J connectivity index is 2.77. The molecule has 2 unspecified atom stereocenters. The van der Waals surface area contributed by atoms with E-state index in [0.717, 1.165) is 0 Å². The summed E-state index contributed by atoms with van der Waals surface area (Å²) in [5.74, 6) is 0.475. The van der Waals surface area contributed by atoms with E-state index >= 15 is 0 Å². The second-order valence-electron chi connectivity index (χ2n) is 7.83. The number of fused-ring (bicyclic) bond motifs is 1. The van der Waals surface area contributed by atoms with Crippen LogP contribution in [0, 0.1) is 16.2 Å². The molecule has 2 fully saturated rings. The third-order valence-electron chi connectivity index (χ3n) is 6.65. The lowest BCUT2D eigenvalue weighted by atomic mass is 9.48. The maximum absolute atomic E-state index is 12.4. The van der Waals surface area contributed by atoms with Crippen LogP contribution in [-0.2, 0) is 14.3 Å². The van der Waals surface area contributed by atoms with Crippen LogP contribution in [0.2, 0.25) is 0 Å². The number of hydrogen-bond donors (Lipinski definition) is 0. The van der Waals surface area contributed by atoms with Crippen molar-refractivity contribution < 1.29 is 14.3 Å². The zero-order valence-corrected chi connectivity index (χ0v) is 13.4. The fourth-order valence-electron chi connectivity index (χ4n) is 3.69. The zero-order chi connectivity index (χ0) is 15.1. The predicted octanol–water partition coefficient (Wildman–Crippen LogP) is 3.68. The molecule has 0 N–H and O–H groups in total. The Kier molecular flexibility index (Phi) is 2.42. The summed E-state index contributed by atoms with van der Waals surface area (Å²) < 4.78 is 12.0. The van der Waals surface area contributed by atoms with Gasteiger partial charge in [-0.2, -0.15) is 0 Å². The van der Waals surface area contributed by atoms with Crippen molar-refractivity contribution in [2.24, 2.45) is 16.2 Å². The highest BCUT2D eigenvalue weighted by molar-refractivity contribution is 5.82. The summed E-state index contributed by atoms with van der Waals surface area (Å²) in [4.78, 5) is 12.4. The molecule has 2 atom stereocenters. The van der Waals surface area contributed by atoms with E-state index in [4.69, 9.17) is 9.47 Å². The van der Waals surface area contributed by atoms with E-state index < -0.39 is 22.0 Å². The molecular weight excluding hydrogens is 240 g/mol. The lowest BCUT2D eigenvalue weighted by Crippen LogP contribution is -2.68. The molecule has 2 saturated heterocycles. The van der Waals surface area contributed by atoms with Crippen molar-refractivity contribution in [2.45, 2.75) is 66.6 Å². The van der Waals surface area contributed by atoms with E-state index in [1.165, 1.54) is 0 Å². The Morgan fingerprint density at radius 1 is 0.895 bits per heavy atom. The van der Waals surface area contributed by atoms with Gasteiger partial charge in [-0.15, -0.1) is 0 Å². The Bertz CT molecular complexity index is 472. The smallest absolute Gasteiger partial charge is 0.313 e. The van der Waals surface area contributed by atoms with Crippen molar-refractivity contribution in [3.63, 3.8) is 0 Å². The van der Waals surface area contributed by atoms with Gasteiger partial charge in [-0.05, 0) is 41.5 Å². The number of hydrogen-bond acceptors (Lipinski definition) is 3. The van der Waals surface area contributed by atoms with Gasteiger partial charge in [0.15, 0.2) is 0 Å². The largest absolute Gasteiger partial charge is 0.491 e. The molecule has 108 valence electrons. The van der Waals surface area contributed by atoms with Crippen LogP contribution in [0.15, 0.2) is 12.3 Å². The minimum Gasteiger partial charge on any atom is -0.491 e. The van der Waals surface area contributed by atoms with Crippen molar-refractivity contribution >= 4 is 5.97 Å². The van der Waals surface area contributed by atoms with Gasteiger partial charge in [0.1, 0.15) is 17.0 Å². The molecule has 3 heteroatoms. The summed E-state index contributed by atoms with van der Waals surface area (Å²) in [6.07, 6.45) is 0. The number of carbonyl (C=O) groups excluding carboxylic acids is 1. The second kappa shape index (κ2) is 3.18. The summed E-state index contributed by atoms with van der Waals surface area (Å²) in [6, 6.07) is 0. The Labute approximate surface area is 116 Å². The van der Waals surface area contributed by atoms with E-state index in [-0.39, 0.29) is 11.4 Å². The average Bonchev–Trinajstić information content (AvgIpc) is 2.37. The Morgan fingerprint density at radius 2 is 1.37 bits per heavy atom. The Hall–Kier alpha value is -0.990. The highest BCUT2D eigenvalue weighted by atomic mass is 16.6. The fraction of sp³-hybridized carbons (Fsp3) is 0.812. The molecular formula is C16H26O3. The zero-order valence-electron chi connectivity index (χ0n) is 13.4. The molecule has 0 spiro atoms. The maximum Gasteiger partial charge on any atom is 0.313 e. The molecule has 2 aliphatic heterocycles. The van der Waals surface area contributed by atoms with E-state index in [9.17, 15) is 4.79 Å². The summed E-state index contributed by atoms with van der Waals surface area (Å²) in [5.41, 5.74) is -2.61. The lowest BCUT2D eigenvalue weighted by Gasteiger charge is -2.62. The van der Waals surface area contributed by atoms with Crippen molar-refractivity contribution in [1.29, 1.82) is 0 Å². The summed E-state index contributed by atoms with van der Waals surface area (Å²) in [6.45, 7) is 20.3. The van der Waals surface area contributed by atoms with Crippen LogP contribution in [0.4, 0.5) is 0 Å². The number of ether oxygens (including phenoxy) is 2. The van der Waals surface area contributed by atoms with Crippen molar-refractivity contribution in [3.8, 4) is 0 Å². The van der Waals surface area contributed by atoms with Gasteiger partial charge in [-0.3, -0.25) is 4.79 Å². The van der Waals surface area contributed by atoms with Gasteiger partial charge in [-0.1, -0.05) is 20.4 Å². The molecule has 0 aromatic heterocycles. The van der Waals surface area contributed by atoms with Gasteiger partial charge in [-0.25, -0.2) is 0 Å². The monoisotopic (exact) mass is 266 g/mol. The SMILES string of the molecule is C=C1OC(C)(C)C(C)(C)C2(C)OC(=O)C(C)(C)C12C. The first-order valence-corrected chi connectivity index (χ1v) is 6.87. The Morgan fingerprint density at radius 3 is 1.84 bits per heavy atom. The second-order valence-corrected chi connectivity index (χ2v) is 7.83. The van der Waals surface area contributed by atoms with E-state index in [1.807, 2.05) is 41.5 Å². The molecule has 0 aromatic carbocycles. The standard InChI is InChI=1S/C16H26O3/c1-10-15(8)12(2,3)11(17)19-16(15,9)13(4,5)14(6,7)18-10/h1H2,2-9H3. The van der Waals surface area contributed by atoms with E-state index in [1.54, 1.807) is 0 Å².